The predicted octanol–water partition coefficient (Wildman–Crippen LogP) is 1.77. The minimum absolute atomic E-state index is 0.120. The zero-order valence-electron chi connectivity index (χ0n) is 16.0. The van der Waals surface area contributed by atoms with Crippen LogP contribution in [0.2, 0.25) is 0 Å². The highest BCUT2D eigenvalue weighted by molar-refractivity contribution is 5.90. The lowest BCUT2D eigenvalue weighted by Crippen LogP contribution is -2.40. The van der Waals surface area contributed by atoms with Crippen molar-refractivity contribution in [2.45, 2.75) is 32.8 Å². The van der Waals surface area contributed by atoms with E-state index in [0.29, 0.717) is 30.6 Å². The number of carbonyl (C=O) groups is 1. The van der Waals surface area contributed by atoms with Crippen molar-refractivity contribution >= 4 is 17.7 Å². The second-order valence-corrected chi connectivity index (χ2v) is 6.34. The molecular formula is C19H27N5O3. The Bertz CT molecular complexity index is 756. The summed E-state index contributed by atoms with van der Waals surface area (Å²) in [6.07, 6.45) is 1.77. The maximum atomic E-state index is 12.0. The quantitative estimate of drug-likeness (QED) is 0.414. The number of anilines is 1. The van der Waals surface area contributed by atoms with Crippen molar-refractivity contribution < 1.29 is 14.3 Å². The molecule has 0 saturated heterocycles. The van der Waals surface area contributed by atoms with Crippen LogP contribution in [-0.2, 0) is 10.4 Å². The lowest BCUT2D eigenvalue weighted by atomic mass is 10.0. The lowest BCUT2D eigenvalue weighted by molar-refractivity contribution is -0.116. The van der Waals surface area contributed by atoms with Crippen molar-refractivity contribution in [2.24, 2.45) is 4.99 Å². The number of aliphatic hydroxyl groups is 1. The molecular weight excluding hydrogens is 346 g/mol. The van der Waals surface area contributed by atoms with Crippen molar-refractivity contribution in [1.29, 1.82) is 0 Å². The number of aromatic nitrogens is 1. The molecule has 0 radical (unpaired) electrons. The van der Waals surface area contributed by atoms with Crippen molar-refractivity contribution in [1.82, 2.24) is 15.6 Å². The van der Waals surface area contributed by atoms with Gasteiger partial charge in [-0.25, -0.2) is 9.98 Å². The van der Waals surface area contributed by atoms with Gasteiger partial charge in [-0.15, -0.1) is 0 Å². The number of hydrogen-bond donors (Lipinski definition) is 4. The topological polar surface area (TPSA) is 112 Å². The highest BCUT2D eigenvalue weighted by Gasteiger charge is 2.26. The van der Waals surface area contributed by atoms with Crippen molar-refractivity contribution in [3.05, 3.63) is 48.0 Å². The molecule has 8 heteroatoms. The first-order valence-electron chi connectivity index (χ1n) is 8.93. The molecule has 1 unspecified atom stereocenters. The van der Waals surface area contributed by atoms with Crippen LogP contribution in [0, 0.1) is 6.92 Å². The van der Waals surface area contributed by atoms with Crippen LogP contribution in [0.25, 0.3) is 0 Å². The van der Waals surface area contributed by atoms with Crippen LogP contribution in [0.3, 0.4) is 0 Å². The Morgan fingerprint density at radius 1 is 1.30 bits per heavy atom. The first-order chi connectivity index (χ1) is 12.9. The third-order valence-electron chi connectivity index (χ3n) is 3.74. The van der Waals surface area contributed by atoms with Crippen molar-refractivity contribution in [3.8, 4) is 0 Å². The van der Waals surface area contributed by atoms with Gasteiger partial charge in [0.25, 0.3) is 0 Å². The van der Waals surface area contributed by atoms with Crippen LogP contribution in [-0.4, -0.2) is 41.6 Å². The van der Waals surface area contributed by atoms with E-state index >= 15 is 0 Å². The molecule has 1 atom stereocenters. The van der Waals surface area contributed by atoms with Gasteiger partial charge in [0.15, 0.2) is 5.96 Å². The summed E-state index contributed by atoms with van der Waals surface area (Å²) in [5.74, 6) is 1.37. The lowest BCUT2D eigenvalue weighted by Gasteiger charge is -2.19. The highest BCUT2D eigenvalue weighted by Crippen LogP contribution is 2.20. The van der Waals surface area contributed by atoms with Gasteiger partial charge >= 0.3 is 0 Å². The SMILES string of the molecule is CCNC(=NCC(C)(O)c1ccco1)NCCC(=O)Nc1cccc(C)n1. The number of pyridine rings is 1. The van der Waals surface area contributed by atoms with E-state index in [4.69, 9.17) is 4.42 Å². The molecule has 0 spiro atoms. The molecule has 0 aliphatic heterocycles. The fourth-order valence-corrected chi connectivity index (χ4v) is 2.35. The molecule has 27 heavy (non-hydrogen) atoms. The fraction of sp³-hybridized carbons (Fsp3) is 0.421. The molecule has 2 aromatic heterocycles. The Morgan fingerprint density at radius 3 is 2.78 bits per heavy atom. The summed E-state index contributed by atoms with van der Waals surface area (Å²) in [7, 11) is 0. The van der Waals surface area contributed by atoms with Gasteiger partial charge in [-0.3, -0.25) is 4.79 Å². The van der Waals surface area contributed by atoms with Crippen molar-refractivity contribution in [2.75, 3.05) is 25.0 Å². The van der Waals surface area contributed by atoms with Gasteiger partial charge in [0, 0.05) is 25.2 Å². The molecule has 8 nitrogen and oxygen atoms in total. The first-order valence-corrected chi connectivity index (χ1v) is 8.93. The minimum Gasteiger partial charge on any atom is -0.466 e. The van der Waals surface area contributed by atoms with Gasteiger partial charge in [-0.2, -0.15) is 0 Å². The third kappa shape index (κ3) is 6.74. The van der Waals surface area contributed by atoms with E-state index in [-0.39, 0.29) is 18.9 Å². The average molecular weight is 373 g/mol. The van der Waals surface area contributed by atoms with Crippen LogP contribution in [0.15, 0.2) is 46.0 Å². The van der Waals surface area contributed by atoms with E-state index in [1.54, 1.807) is 25.1 Å². The van der Waals surface area contributed by atoms with Crippen LogP contribution >= 0.6 is 0 Å². The van der Waals surface area contributed by atoms with Gasteiger partial charge in [0.05, 0.1) is 12.8 Å². The molecule has 0 aliphatic carbocycles. The number of guanidine groups is 1. The van der Waals surface area contributed by atoms with E-state index in [2.05, 4.69) is 25.9 Å². The monoisotopic (exact) mass is 373 g/mol. The molecule has 0 aliphatic rings. The van der Waals surface area contributed by atoms with E-state index in [9.17, 15) is 9.90 Å². The first kappa shape index (κ1) is 20.4. The van der Waals surface area contributed by atoms with Crippen LogP contribution in [0.5, 0.6) is 0 Å². The molecule has 146 valence electrons. The molecule has 2 aromatic rings. The molecule has 2 rings (SSSR count). The maximum Gasteiger partial charge on any atom is 0.227 e. The Hall–Kier alpha value is -2.87. The number of nitrogens with zero attached hydrogens (tertiary/aromatic N) is 2. The van der Waals surface area contributed by atoms with Gasteiger partial charge < -0.3 is 25.5 Å². The fourth-order valence-electron chi connectivity index (χ4n) is 2.35. The molecule has 2 heterocycles. The number of hydrogen-bond acceptors (Lipinski definition) is 5. The van der Waals surface area contributed by atoms with Gasteiger partial charge in [0.1, 0.15) is 17.2 Å². The number of furan rings is 1. The van der Waals surface area contributed by atoms with Crippen LogP contribution in [0.1, 0.15) is 31.7 Å². The molecule has 1 amide bonds. The Kier molecular flexibility index (Phi) is 7.36. The number of carbonyl (C=O) groups excluding carboxylic acids is 1. The normalized spacial score (nSPS) is 13.7. The predicted molar refractivity (Wildman–Crippen MR) is 104 cm³/mol. The zero-order valence-corrected chi connectivity index (χ0v) is 16.0. The Morgan fingerprint density at radius 2 is 2.11 bits per heavy atom. The highest BCUT2D eigenvalue weighted by atomic mass is 16.4. The molecule has 4 N–H and O–H groups in total. The van der Waals surface area contributed by atoms with E-state index in [0.717, 1.165) is 5.69 Å². The number of rotatable bonds is 8. The van der Waals surface area contributed by atoms with Crippen LogP contribution < -0.4 is 16.0 Å². The number of amides is 1. The smallest absolute Gasteiger partial charge is 0.227 e. The number of nitrogens with one attached hydrogen (secondary N) is 3. The summed E-state index contributed by atoms with van der Waals surface area (Å²) in [4.78, 5) is 20.6. The summed E-state index contributed by atoms with van der Waals surface area (Å²) in [6.45, 7) is 6.63. The van der Waals surface area contributed by atoms with Crippen molar-refractivity contribution in [3.63, 3.8) is 0 Å². The summed E-state index contributed by atoms with van der Waals surface area (Å²) >= 11 is 0. The third-order valence-corrected chi connectivity index (χ3v) is 3.74. The molecule has 0 fully saturated rings. The summed E-state index contributed by atoms with van der Waals surface area (Å²) in [5.41, 5.74) is -0.365. The second kappa shape index (κ2) is 9.72. The summed E-state index contributed by atoms with van der Waals surface area (Å²) < 4.78 is 5.25. The Labute approximate surface area is 159 Å². The number of aryl methyl sites for hydroxylation is 1. The number of aliphatic imine (C=N–C) groups is 1. The summed E-state index contributed by atoms with van der Waals surface area (Å²) in [5, 5.41) is 19.4. The van der Waals surface area contributed by atoms with E-state index in [1.165, 1.54) is 6.26 Å². The van der Waals surface area contributed by atoms with Gasteiger partial charge in [-0.1, -0.05) is 6.07 Å². The van der Waals surface area contributed by atoms with Gasteiger partial charge in [-0.05, 0) is 45.0 Å². The van der Waals surface area contributed by atoms with E-state index in [1.807, 2.05) is 26.0 Å². The maximum absolute atomic E-state index is 12.0. The average Bonchev–Trinajstić information content (AvgIpc) is 3.15. The van der Waals surface area contributed by atoms with Crippen LogP contribution in [0.4, 0.5) is 5.82 Å². The minimum atomic E-state index is -1.21. The second-order valence-electron chi connectivity index (χ2n) is 6.34. The molecule has 0 aromatic carbocycles. The Balaban J connectivity index is 1.84. The molecule has 0 bridgehead atoms. The molecule has 0 saturated carbocycles. The summed E-state index contributed by atoms with van der Waals surface area (Å²) in [6, 6.07) is 8.89. The largest absolute Gasteiger partial charge is 0.466 e. The van der Waals surface area contributed by atoms with E-state index < -0.39 is 5.60 Å². The van der Waals surface area contributed by atoms with Gasteiger partial charge in [0.2, 0.25) is 5.91 Å². The standard InChI is InChI=1S/C19H27N5O3/c1-4-20-18(22-13-19(3,26)15-8-6-12-27-15)21-11-10-17(25)24-16-9-5-7-14(2)23-16/h5-9,12,26H,4,10-11,13H2,1-3H3,(H2,20,21,22)(H,23,24,25). The zero-order chi connectivity index (χ0) is 19.7.